The third-order valence-corrected chi connectivity index (χ3v) is 10.7. The molecule has 2 N–H and O–H groups in total. The Hall–Kier alpha value is -5.77. The Kier molecular flexibility index (Phi) is 13.5. The van der Waals surface area contributed by atoms with Crippen LogP contribution in [0.4, 0.5) is 53.5 Å². The van der Waals surface area contributed by atoms with Crippen molar-refractivity contribution in [3.63, 3.8) is 0 Å². The monoisotopic (exact) mass is 836 g/mol. The van der Waals surface area contributed by atoms with E-state index in [-0.39, 0.29) is 30.6 Å². The maximum atomic E-state index is 13.7. The minimum atomic E-state index is -4.72. The number of ketones is 2. The van der Waals surface area contributed by atoms with Crippen molar-refractivity contribution in [2.45, 2.75) is 82.9 Å². The molecule has 4 aromatic rings. The average Bonchev–Trinajstić information content (AvgIpc) is 3.18. The number of hydrogen-bond donors (Lipinski definition) is 2. The Morgan fingerprint density at radius 1 is 0.683 bits per heavy atom. The molecular formula is C45H43F7N4O4. The number of rotatable bonds is 10. The highest BCUT2D eigenvalue weighted by Gasteiger charge is 2.38. The van der Waals surface area contributed by atoms with Gasteiger partial charge in [0, 0.05) is 37.3 Å². The lowest BCUT2D eigenvalue weighted by Crippen LogP contribution is -2.49. The van der Waals surface area contributed by atoms with Crippen molar-refractivity contribution >= 4 is 34.3 Å². The number of carbonyl (C=O) groups is 2. The molecule has 2 aliphatic heterocycles. The van der Waals surface area contributed by atoms with Crippen molar-refractivity contribution in [1.29, 1.82) is 0 Å². The molecule has 0 fully saturated rings. The predicted octanol–water partition coefficient (Wildman–Crippen LogP) is 9.59. The number of hydrogen-bond acceptors (Lipinski definition) is 6. The molecule has 0 saturated carbocycles. The number of Topliss-reactive ketones (excluding diaryl/α,β-unsaturated/α-hetero) is 2. The van der Waals surface area contributed by atoms with Crippen LogP contribution in [-0.4, -0.2) is 59.2 Å². The van der Waals surface area contributed by atoms with Crippen LogP contribution >= 0.6 is 0 Å². The normalized spacial score (nSPS) is 15.8. The second-order valence-corrected chi connectivity index (χ2v) is 15.6. The quantitative estimate of drug-likeness (QED) is 0.122. The average molecular weight is 837 g/mol. The van der Waals surface area contributed by atoms with Crippen LogP contribution in [0.5, 0.6) is 0 Å². The summed E-state index contributed by atoms with van der Waals surface area (Å²) in [5.41, 5.74) is -1.78. The molecular weight excluding hydrogens is 794 g/mol. The molecule has 6 rings (SSSR count). The van der Waals surface area contributed by atoms with Crippen molar-refractivity contribution in [2.75, 3.05) is 36.0 Å². The highest BCUT2D eigenvalue weighted by molar-refractivity contribution is 5.90. The highest BCUT2D eigenvalue weighted by atomic mass is 19.4. The SMILES string of the molecule is [C-]#[N+]c1ccc(CC(=O)[C@@](C)(O)CN2CCCc3c(C)cccc32)cc1C(F)(F)F.[C-]#[N+]c1ccc(CC(=O)[C@@](C)(O)CN2CCCc3ccc(F)cc32)cc1C(F)(F)F. The van der Waals surface area contributed by atoms with Crippen molar-refractivity contribution < 1.29 is 50.5 Å². The molecule has 0 amide bonds. The molecule has 316 valence electrons. The molecule has 2 atom stereocenters. The molecule has 0 bridgehead atoms. The van der Waals surface area contributed by atoms with Gasteiger partial charge in [0.15, 0.2) is 22.9 Å². The van der Waals surface area contributed by atoms with E-state index in [1.165, 1.54) is 43.7 Å². The van der Waals surface area contributed by atoms with E-state index in [1.807, 2.05) is 30.0 Å². The Morgan fingerprint density at radius 3 is 1.65 bits per heavy atom. The van der Waals surface area contributed by atoms with E-state index in [4.69, 9.17) is 13.1 Å². The Bertz CT molecular complexity index is 2230. The van der Waals surface area contributed by atoms with Gasteiger partial charge in [-0.1, -0.05) is 54.6 Å². The van der Waals surface area contributed by atoms with Crippen LogP contribution in [0.2, 0.25) is 0 Å². The van der Waals surface area contributed by atoms with Gasteiger partial charge in [-0.25, -0.2) is 14.1 Å². The lowest BCUT2D eigenvalue weighted by atomic mass is 9.91. The standard InChI is InChI=1S/C23H23F3N2O2.C22H20F4N2O2/c1-15-6-4-8-20-17(15)7-5-11-28(20)14-22(2,30)21(29)13-16-9-10-19(27-3)18(12-16)23(24,25)26;1-21(30,13-28-9-3-4-15-6-7-16(23)12-19(15)28)20(29)11-14-5-8-18(27-2)17(10-14)22(24,25)26/h4,6,8-10,12,30H,5,7,11,13-14H2,1-2H3;5-8,10,12,30H,3-4,9,11,13H2,1H3/t22-;21-/m00/s1. The van der Waals surface area contributed by atoms with Crippen LogP contribution in [-0.2, 0) is 47.6 Å². The molecule has 4 aromatic carbocycles. The predicted molar refractivity (Wildman–Crippen MR) is 213 cm³/mol. The van der Waals surface area contributed by atoms with Crippen LogP contribution in [0, 0.1) is 25.9 Å². The number of alkyl halides is 6. The van der Waals surface area contributed by atoms with Gasteiger partial charge in [-0.15, -0.1) is 0 Å². The van der Waals surface area contributed by atoms with E-state index >= 15 is 0 Å². The highest BCUT2D eigenvalue weighted by Crippen LogP contribution is 2.39. The van der Waals surface area contributed by atoms with Crippen molar-refractivity contribution in [2.24, 2.45) is 0 Å². The van der Waals surface area contributed by atoms with Gasteiger partial charge in [-0.05, 0) is 92.5 Å². The van der Waals surface area contributed by atoms with E-state index in [0.29, 0.717) is 18.8 Å². The maximum absolute atomic E-state index is 13.7. The van der Waals surface area contributed by atoms with Crippen LogP contribution in [0.1, 0.15) is 65.6 Å². The van der Waals surface area contributed by atoms with E-state index in [1.54, 1.807) is 11.0 Å². The zero-order chi connectivity index (χ0) is 44.2. The summed E-state index contributed by atoms with van der Waals surface area (Å²) in [4.78, 5) is 35.0. The van der Waals surface area contributed by atoms with E-state index in [2.05, 4.69) is 9.69 Å². The zero-order valence-electron chi connectivity index (χ0n) is 33.1. The Labute approximate surface area is 343 Å². The van der Waals surface area contributed by atoms with Crippen molar-refractivity contribution in [3.05, 3.63) is 140 Å². The number of halogens is 7. The van der Waals surface area contributed by atoms with Gasteiger partial charge in [-0.2, -0.15) is 26.3 Å². The lowest BCUT2D eigenvalue weighted by molar-refractivity contribution is -0.137. The van der Waals surface area contributed by atoms with Gasteiger partial charge in [0.2, 0.25) is 0 Å². The number of carbonyl (C=O) groups excluding carboxylic acids is 2. The summed E-state index contributed by atoms with van der Waals surface area (Å²) in [5.74, 6) is -1.65. The van der Waals surface area contributed by atoms with Gasteiger partial charge in [0.1, 0.15) is 17.0 Å². The fourth-order valence-electron chi connectivity index (χ4n) is 7.53. The first-order chi connectivity index (χ1) is 28.0. The summed E-state index contributed by atoms with van der Waals surface area (Å²) in [5, 5.41) is 21.6. The number of aliphatic hydroxyl groups is 2. The molecule has 8 nitrogen and oxygen atoms in total. The molecule has 0 saturated heterocycles. The second kappa shape index (κ2) is 17.8. The molecule has 2 heterocycles. The Morgan fingerprint density at radius 2 is 1.17 bits per heavy atom. The molecule has 15 heteroatoms. The van der Waals surface area contributed by atoms with Gasteiger partial charge >= 0.3 is 12.4 Å². The molecule has 0 radical (unpaired) electrons. The van der Waals surface area contributed by atoms with Gasteiger partial charge in [0.25, 0.3) is 0 Å². The lowest BCUT2D eigenvalue weighted by Gasteiger charge is -2.36. The van der Waals surface area contributed by atoms with E-state index < -0.39 is 69.9 Å². The van der Waals surface area contributed by atoms with Crippen molar-refractivity contribution in [3.8, 4) is 0 Å². The fraction of sp³-hybridized carbons (Fsp3) is 0.378. The first-order valence-electron chi connectivity index (χ1n) is 19.1. The summed E-state index contributed by atoms with van der Waals surface area (Å²) in [6, 6.07) is 16.6. The molecule has 0 unspecified atom stereocenters. The summed E-state index contributed by atoms with van der Waals surface area (Å²) in [6.07, 6.45) is -6.80. The smallest absolute Gasteiger partial charge is 0.380 e. The van der Waals surface area contributed by atoms with E-state index in [0.717, 1.165) is 66.8 Å². The number of aryl methyl sites for hydroxylation is 2. The van der Waals surface area contributed by atoms with Crippen LogP contribution in [0.25, 0.3) is 9.69 Å². The summed E-state index contributed by atoms with van der Waals surface area (Å²) in [6.45, 7) is 19.7. The van der Waals surface area contributed by atoms with Crippen LogP contribution in [0.3, 0.4) is 0 Å². The van der Waals surface area contributed by atoms with Crippen molar-refractivity contribution in [1.82, 2.24) is 0 Å². The first kappa shape index (κ1) is 45.3. The fourth-order valence-corrected chi connectivity index (χ4v) is 7.53. The van der Waals surface area contributed by atoms with Crippen LogP contribution < -0.4 is 9.80 Å². The minimum absolute atomic E-state index is 0.0603. The Balaban J connectivity index is 0.000000228. The zero-order valence-corrected chi connectivity index (χ0v) is 33.1. The topological polar surface area (TPSA) is 89.8 Å². The van der Waals surface area contributed by atoms with Gasteiger partial charge < -0.3 is 20.0 Å². The number of fused-ring (bicyclic) bond motifs is 2. The number of anilines is 2. The maximum Gasteiger partial charge on any atom is 0.407 e. The molecule has 0 aromatic heterocycles. The number of nitrogens with zero attached hydrogens (tertiary/aromatic N) is 4. The second-order valence-electron chi connectivity index (χ2n) is 15.6. The molecule has 2 aliphatic rings. The van der Waals surface area contributed by atoms with Gasteiger partial charge in [0.05, 0.1) is 37.4 Å². The number of β-amino-alcohol motifs (C(OH)–C–C–N with tert-alkyl or cyclic N) is 2. The van der Waals surface area contributed by atoms with Crippen LogP contribution in [0.15, 0.2) is 72.8 Å². The minimum Gasteiger partial charge on any atom is -0.380 e. The molecule has 0 aliphatic carbocycles. The largest absolute Gasteiger partial charge is 0.407 e. The summed E-state index contributed by atoms with van der Waals surface area (Å²) < 4.78 is 92.7. The number of benzene rings is 4. The molecule has 0 spiro atoms. The van der Waals surface area contributed by atoms with E-state index in [9.17, 15) is 50.5 Å². The molecule has 60 heavy (non-hydrogen) atoms. The third-order valence-electron chi connectivity index (χ3n) is 10.7. The first-order valence-corrected chi connectivity index (χ1v) is 19.1. The van der Waals surface area contributed by atoms with Gasteiger partial charge in [-0.3, -0.25) is 9.59 Å². The third kappa shape index (κ3) is 10.7. The summed E-state index contributed by atoms with van der Waals surface area (Å²) >= 11 is 0. The summed E-state index contributed by atoms with van der Waals surface area (Å²) in [7, 11) is 0.